The van der Waals surface area contributed by atoms with Crippen LogP contribution < -0.4 is 11.0 Å². The monoisotopic (exact) mass is 279 g/mol. The molecule has 0 atom stereocenters. The largest absolute Gasteiger partial charge is 0.295 e. The van der Waals surface area contributed by atoms with Crippen LogP contribution in [0.5, 0.6) is 0 Å². The van der Waals surface area contributed by atoms with Gasteiger partial charge in [-0.15, -0.1) is 0 Å². The maximum absolute atomic E-state index is 11.9. The molecule has 1 aromatic heterocycles. The predicted molar refractivity (Wildman–Crippen MR) is 74.2 cm³/mol. The van der Waals surface area contributed by atoms with E-state index in [-0.39, 0.29) is 17.4 Å². The molecule has 1 saturated carbocycles. The van der Waals surface area contributed by atoms with Gasteiger partial charge < -0.3 is 0 Å². The van der Waals surface area contributed by atoms with Crippen molar-refractivity contribution >= 4 is 5.91 Å². The fourth-order valence-corrected chi connectivity index (χ4v) is 2.23. The van der Waals surface area contributed by atoms with Crippen LogP contribution in [0.1, 0.15) is 55.9 Å². The van der Waals surface area contributed by atoms with E-state index in [4.69, 9.17) is 4.84 Å². The van der Waals surface area contributed by atoms with Crippen molar-refractivity contribution in [2.24, 2.45) is 0 Å². The first-order valence-corrected chi connectivity index (χ1v) is 7.25. The lowest BCUT2D eigenvalue weighted by Gasteiger charge is -2.11. The topological polar surface area (TPSA) is 73.2 Å². The van der Waals surface area contributed by atoms with Crippen molar-refractivity contribution in [1.82, 2.24) is 15.3 Å². The number of amides is 1. The molecule has 6 heteroatoms. The lowest BCUT2D eigenvalue weighted by atomic mass is 10.3. The first-order valence-electron chi connectivity index (χ1n) is 7.25. The van der Waals surface area contributed by atoms with Crippen LogP contribution in [0.3, 0.4) is 0 Å². The number of nitrogens with zero attached hydrogens (tertiary/aromatic N) is 2. The molecule has 0 spiro atoms. The van der Waals surface area contributed by atoms with E-state index in [1.54, 1.807) is 0 Å². The molecular weight excluding hydrogens is 258 g/mol. The molecular formula is C14H21N3O3. The molecule has 1 N–H and O–H groups in total. The van der Waals surface area contributed by atoms with Crippen LogP contribution in [-0.4, -0.2) is 21.8 Å². The van der Waals surface area contributed by atoms with Crippen molar-refractivity contribution in [3.8, 4) is 0 Å². The van der Waals surface area contributed by atoms with E-state index in [9.17, 15) is 9.59 Å². The first-order chi connectivity index (χ1) is 9.70. The number of hydrogen-bond acceptors (Lipinski definition) is 4. The molecule has 0 saturated heterocycles. The van der Waals surface area contributed by atoms with E-state index in [1.807, 2.05) is 6.92 Å². The Kier molecular flexibility index (Phi) is 5.29. The summed E-state index contributed by atoms with van der Waals surface area (Å²) in [5.74, 6) is -0.401. The minimum absolute atomic E-state index is 0.102. The van der Waals surface area contributed by atoms with Gasteiger partial charge in [0.15, 0.2) is 5.69 Å². The number of unbranched alkanes of at least 4 members (excludes halogenated alkanes) is 1. The van der Waals surface area contributed by atoms with Gasteiger partial charge in [0, 0.05) is 12.6 Å². The molecule has 1 aliphatic rings. The summed E-state index contributed by atoms with van der Waals surface area (Å²) in [7, 11) is 0. The van der Waals surface area contributed by atoms with Crippen LogP contribution in [0.2, 0.25) is 0 Å². The third-order valence-corrected chi connectivity index (χ3v) is 3.44. The fourth-order valence-electron chi connectivity index (χ4n) is 2.23. The van der Waals surface area contributed by atoms with Gasteiger partial charge in [-0.05, 0) is 25.3 Å². The number of rotatable bonds is 6. The predicted octanol–water partition coefficient (Wildman–Crippen LogP) is 1.65. The highest BCUT2D eigenvalue weighted by Gasteiger charge is 2.18. The van der Waals surface area contributed by atoms with Crippen molar-refractivity contribution in [3.63, 3.8) is 0 Å². The molecule has 1 aliphatic carbocycles. The van der Waals surface area contributed by atoms with Gasteiger partial charge >= 0.3 is 0 Å². The zero-order valence-electron chi connectivity index (χ0n) is 11.8. The summed E-state index contributed by atoms with van der Waals surface area (Å²) in [6.07, 6.45) is 6.16. The highest BCUT2D eigenvalue weighted by Crippen LogP contribution is 2.19. The van der Waals surface area contributed by atoms with Crippen molar-refractivity contribution in [2.45, 2.75) is 58.1 Å². The SMILES string of the molecule is CCCCn1nc(C(=O)NOC2CCCC2)ccc1=O. The second kappa shape index (κ2) is 7.19. The lowest BCUT2D eigenvalue weighted by molar-refractivity contribution is -0.0129. The molecule has 0 aliphatic heterocycles. The van der Waals surface area contributed by atoms with Crippen LogP contribution in [0.15, 0.2) is 16.9 Å². The van der Waals surface area contributed by atoms with Crippen LogP contribution in [-0.2, 0) is 11.4 Å². The quantitative estimate of drug-likeness (QED) is 0.804. The van der Waals surface area contributed by atoms with Gasteiger partial charge in [-0.25, -0.2) is 10.2 Å². The van der Waals surface area contributed by atoms with Crippen molar-refractivity contribution in [2.75, 3.05) is 0 Å². The number of aromatic nitrogens is 2. The minimum atomic E-state index is -0.401. The number of hydroxylamine groups is 1. The average molecular weight is 279 g/mol. The van der Waals surface area contributed by atoms with E-state index >= 15 is 0 Å². The molecule has 1 fully saturated rings. The van der Waals surface area contributed by atoms with Gasteiger partial charge in [0.2, 0.25) is 0 Å². The molecule has 1 amide bonds. The number of carbonyl (C=O) groups is 1. The third kappa shape index (κ3) is 3.90. The van der Waals surface area contributed by atoms with Crippen molar-refractivity contribution in [1.29, 1.82) is 0 Å². The maximum Gasteiger partial charge on any atom is 0.295 e. The zero-order chi connectivity index (χ0) is 14.4. The Morgan fingerprint density at radius 2 is 2.20 bits per heavy atom. The summed E-state index contributed by atoms with van der Waals surface area (Å²) in [6, 6.07) is 2.80. The Bertz CT molecular complexity index is 507. The lowest BCUT2D eigenvalue weighted by Crippen LogP contribution is -2.32. The molecule has 0 bridgehead atoms. The van der Waals surface area contributed by atoms with Gasteiger partial charge in [0.1, 0.15) is 0 Å². The van der Waals surface area contributed by atoms with Crippen molar-refractivity contribution in [3.05, 3.63) is 28.2 Å². The Morgan fingerprint density at radius 3 is 2.90 bits per heavy atom. The molecule has 1 aromatic rings. The molecule has 1 heterocycles. The average Bonchev–Trinajstić information content (AvgIpc) is 2.97. The van der Waals surface area contributed by atoms with Crippen LogP contribution in [0, 0.1) is 0 Å². The second-order valence-electron chi connectivity index (χ2n) is 5.09. The van der Waals surface area contributed by atoms with E-state index in [0.717, 1.165) is 38.5 Å². The van der Waals surface area contributed by atoms with Crippen molar-refractivity contribution < 1.29 is 9.63 Å². The van der Waals surface area contributed by atoms with Gasteiger partial charge in [-0.3, -0.25) is 14.4 Å². The highest BCUT2D eigenvalue weighted by molar-refractivity contribution is 5.91. The second-order valence-corrected chi connectivity index (χ2v) is 5.09. The van der Waals surface area contributed by atoms with E-state index < -0.39 is 5.91 Å². The molecule has 0 radical (unpaired) electrons. The smallest absolute Gasteiger partial charge is 0.270 e. The number of aryl methyl sites for hydroxylation is 1. The summed E-state index contributed by atoms with van der Waals surface area (Å²) in [5.41, 5.74) is 2.45. The molecule has 110 valence electrons. The summed E-state index contributed by atoms with van der Waals surface area (Å²) in [6.45, 7) is 2.57. The molecule has 0 unspecified atom stereocenters. The summed E-state index contributed by atoms with van der Waals surface area (Å²) in [4.78, 5) is 28.9. The van der Waals surface area contributed by atoms with E-state index in [2.05, 4.69) is 10.6 Å². The zero-order valence-corrected chi connectivity index (χ0v) is 11.8. The van der Waals surface area contributed by atoms with Gasteiger partial charge in [-0.2, -0.15) is 5.10 Å². The fraction of sp³-hybridized carbons (Fsp3) is 0.643. The summed E-state index contributed by atoms with van der Waals surface area (Å²) in [5, 5.41) is 4.07. The van der Waals surface area contributed by atoms with Gasteiger partial charge in [-0.1, -0.05) is 26.2 Å². The number of carbonyl (C=O) groups excluding carboxylic acids is 1. The molecule has 2 rings (SSSR count). The van der Waals surface area contributed by atoms with Crippen LogP contribution >= 0.6 is 0 Å². The Hall–Kier alpha value is -1.69. The normalized spacial score (nSPS) is 15.4. The highest BCUT2D eigenvalue weighted by atomic mass is 16.7. The van der Waals surface area contributed by atoms with E-state index in [1.165, 1.54) is 16.8 Å². The molecule has 20 heavy (non-hydrogen) atoms. The first kappa shape index (κ1) is 14.7. The summed E-state index contributed by atoms with van der Waals surface area (Å²) < 4.78 is 1.33. The van der Waals surface area contributed by atoms with Crippen LogP contribution in [0.4, 0.5) is 0 Å². The van der Waals surface area contributed by atoms with Gasteiger partial charge in [0.25, 0.3) is 11.5 Å². The number of nitrogens with one attached hydrogen (secondary N) is 1. The Morgan fingerprint density at radius 1 is 1.45 bits per heavy atom. The minimum Gasteiger partial charge on any atom is -0.270 e. The molecule has 0 aromatic carbocycles. The standard InChI is InChI=1S/C14H21N3O3/c1-2-3-10-17-13(18)9-8-12(15-17)14(19)16-20-11-6-4-5-7-11/h8-9,11H,2-7,10H2,1H3,(H,16,19). The Labute approximate surface area is 118 Å². The van der Waals surface area contributed by atoms with Gasteiger partial charge in [0.05, 0.1) is 6.10 Å². The Balaban J connectivity index is 1.96. The summed E-state index contributed by atoms with van der Waals surface area (Å²) >= 11 is 0. The molecule has 6 nitrogen and oxygen atoms in total. The van der Waals surface area contributed by atoms with Crippen LogP contribution in [0.25, 0.3) is 0 Å². The van der Waals surface area contributed by atoms with E-state index in [0.29, 0.717) is 6.54 Å². The number of hydrogen-bond donors (Lipinski definition) is 1. The maximum atomic E-state index is 11.9. The third-order valence-electron chi connectivity index (χ3n) is 3.44.